The van der Waals surface area contributed by atoms with Crippen molar-refractivity contribution in [1.29, 1.82) is 0 Å². The molecule has 0 bridgehead atoms. The predicted molar refractivity (Wildman–Crippen MR) is 87.7 cm³/mol. The highest BCUT2D eigenvalue weighted by molar-refractivity contribution is 5.36. The summed E-state index contributed by atoms with van der Waals surface area (Å²) >= 11 is 0. The van der Waals surface area contributed by atoms with Gasteiger partial charge in [-0.05, 0) is 26.8 Å². The first-order valence-electron chi connectivity index (χ1n) is 7.91. The van der Waals surface area contributed by atoms with E-state index in [1.165, 1.54) is 5.56 Å². The van der Waals surface area contributed by atoms with Crippen LogP contribution >= 0.6 is 0 Å². The summed E-state index contributed by atoms with van der Waals surface area (Å²) in [5, 5.41) is 0. The fraction of sp³-hybridized carbons (Fsp3) is 0.647. The van der Waals surface area contributed by atoms with Crippen molar-refractivity contribution in [3.8, 4) is 5.75 Å². The molecule has 1 aromatic rings. The predicted octanol–water partition coefficient (Wildman–Crippen LogP) is 2.11. The zero-order chi connectivity index (χ0) is 15.4. The lowest BCUT2D eigenvalue weighted by molar-refractivity contribution is 0.0696. The van der Waals surface area contributed by atoms with E-state index in [2.05, 4.69) is 42.7 Å². The third kappa shape index (κ3) is 3.76. The van der Waals surface area contributed by atoms with Crippen molar-refractivity contribution < 1.29 is 4.74 Å². The largest absolute Gasteiger partial charge is 0.496 e. The molecule has 1 aromatic carbocycles. The molecule has 2 unspecified atom stereocenters. The number of hydrogen-bond acceptors (Lipinski definition) is 4. The van der Waals surface area contributed by atoms with Crippen molar-refractivity contribution in [2.75, 3.05) is 33.3 Å². The van der Waals surface area contributed by atoms with Gasteiger partial charge in [0.25, 0.3) is 0 Å². The Hall–Kier alpha value is -1.10. The second-order valence-electron chi connectivity index (χ2n) is 6.21. The molecular formula is C17H29N3O. The lowest BCUT2D eigenvalue weighted by Crippen LogP contribution is -2.52. The lowest BCUT2D eigenvalue weighted by atomic mass is 9.97. The second kappa shape index (κ2) is 7.25. The van der Waals surface area contributed by atoms with E-state index in [1.807, 2.05) is 12.1 Å². The van der Waals surface area contributed by atoms with Crippen LogP contribution in [-0.2, 0) is 0 Å². The van der Waals surface area contributed by atoms with E-state index in [0.29, 0.717) is 6.04 Å². The maximum atomic E-state index is 6.31. The summed E-state index contributed by atoms with van der Waals surface area (Å²) in [4.78, 5) is 5.03. The van der Waals surface area contributed by atoms with Gasteiger partial charge in [-0.25, -0.2) is 0 Å². The molecule has 2 atom stereocenters. The molecule has 0 aliphatic carbocycles. The van der Waals surface area contributed by atoms with Gasteiger partial charge in [0, 0.05) is 43.8 Å². The van der Waals surface area contributed by atoms with Gasteiger partial charge in [-0.1, -0.05) is 18.2 Å². The van der Waals surface area contributed by atoms with Gasteiger partial charge in [0.2, 0.25) is 0 Å². The Kier molecular flexibility index (Phi) is 5.62. The van der Waals surface area contributed by atoms with E-state index in [4.69, 9.17) is 10.5 Å². The van der Waals surface area contributed by atoms with Crippen LogP contribution in [0, 0.1) is 0 Å². The fourth-order valence-corrected chi connectivity index (χ4v) is 3.26. The number of para-hydroxylation sites is 1. The summed E-state index contributed by atoms with van der Waals surface area (Å²) in [6.45, 7) is 10.9. The minimum absolute atomic E-state index is 0.0758. The number of nitrogens with two attached hydrogens (primary N) is 1. The molecule has 21 heavy (non-hydrogen) atoms. The van der Waals surface area contributed by atoms with E-state index in [9.17, 15) is 0 Å². The molecule has 0 amide bonds. The maximum absolute atomic E-state index is 6.31. The zero-order valence-electron chi connectivity index (χ0n) is 13.7. The molecule has 1 heterocycles. The van der Waals surface area contributed by atoms with Crippen LogP contribution in [-0.4, -0.2) is 55.2 Å². The first kappa shape index (κ1) is 16.3. The summed E-state index contributed by atoms with van der Waals surface area (Å²) in [5.74, 6) is 0.936. The number of ether oxygens (including phenoxy) is 1. The van der Waals surface area contributed by atoms with E-state index in [-0.39, 0.29) is 12.1 Å². The molecule has 2 N–H and O–H groups in total. The molecule has 0 spiro atoms. The SMILES string of the molecule is COc1ccccc1C(C(C)N)N1CCN(C(C)C)CC1. The molecule has 1 aliphatic heterocycles. The number of piperazine rings is 1. The number of nitrogens with zero attached hydrogens (tertiary/aromatic N) is 2. The quantitative estimate of drug-likeness (QED) is 0.902. The molecule has 4 nitrogen and oxygen atoms in total. The Labute approximate surface area is 128 Å². The molecule has 1 aliphatic rings. The smallest absolute Gasteiger partial charge is 0.123 e. The highest BCUT2D eigenvalue weighted by Gasteiger charge is 2.29. The zero-order valence-corrected chi connectivity index (χ0v) is 13.7. The summed E-state index contributed by atoms with van der Waals surface area (Å²) < 4.78 is 5.53. The average molecular weight is 291 g/mol. The van der Waals surface area contributed by atoms with Crippen molar-refractivity contribution in [1.82, 2.24) is 9.80 Å². The van der Waals surface area contributed by atoms with Crippen molar-refractivity contribution in [2.24, 2.45) is 5.73 Å². The average Bonchev–Trinajstić information content (AvgIpc) is 2.48. The van der Waals surface area contributed by atoms with Gasteiger partial charge < -0.3 is 10.5 Å². The van der Waals surface area contributed by atoms with Crippen LogP contribution in [0.3, 0.4) is 0 Å². The molecule has 118 valence electrons. The van der Waals surface area contributed by atoms with Gasteiger partial charge in [0.1, 0.15) is 5.75 Å². The molecule has 0 radical (unpaired) electrons. The van der Waals surface area contributed by atoms with Crippen LogP contribution in [0.5, 0.6) is 5.75 Å². The van der Waals surface area contributed by atoms with Gasteiger partial charge in [0.05, 0.1) is 13.2 Å². The van der Waals surface area contributed by atoms with Crippen LogP contribution in [0.15, 0.2) is 24.3 Å². The van der Waals surface area contributed by atoms with Gasteiger partial charge in [-0.3, -0.25) is 9.80 Å². The molecule has 0 saturated carbocycles. The Morgan fingerprint density at radius 1 is 1.00 bits per heavy atom. The monoisotopic (exact) mass is 291 g/mol. The molecule has 0 aromatic heterocycles. The standard InChI is InChI=1S/C17H29N3O/c1-13(2)19-9-11-20(12-10-19)17(14(3)18)15-7-5-6-8-16(15)21-4/h5-8,13-14,17H,9-12,18H2,1-4H3. The molecule has 4 heteroatoms. The van der Waals surface area contributed by atoms with Crippen molar-refractivity contribution >= 4 is 0 Å². The second-order valence-corrected chi connectivity index (χ2v) is 6.21. The van der Waals surface area contributed by atoms with Gasteiger partial charge in [0.15, 0.2) is 0 Å². The van der Waals surface area contributed by atoms with Gasteiger partial charge >= 0.3 is 0 Å². The normalized spacial score (nSPS) is 20.5. The van der Waals surface area contributed by atoms with Crippen molar-refractivity contribution in [3.05, 3.63) is 29.8 Å². The van der Waals surface area contributed by atoms with E-state index < -0.39 is 0 Å². The summed E-state index contributed by atoms with van der Waals surface area (Å²) in [5.41, 5.74) is 7.51. The fourth-order valence-electron chi connectivity index (χ4n) is 3.26. The van der Waals surface area contributed by atoms with Crippen LogP contribution in [0.2, 0.25) is 0 Å². The molecule has 1 saturated heterocycles. The third-order valence-electron chi connectivity index (χ3n) is 4.43. The highest BCUT2D eigenvalue weighted by atomic mass is 16.5. The Morgan fingerprint density at radius 2 is 1.57 bits per heavy atom. The van der Waals surface area contributed by atoms with Crippen LogP contribution in [0.1, 0.15) is 32.4 Å². The number of methoxy groups -OCH3 is 1. The number of hydrogen-bond donors (Lipinski definition) is 1. The Bertz CT molecular complexity index is 439. The maximum Gasteiger partial charge on any atom is 0.123 e. The topological polar surface area (TPSA) is 41.7 Å². The van der Waals surface area contributed by atoms with Crippen LogP contribution in [0.25, 0.3) is 0 Å². The summed E-state index contributed by atoms with van der Waals surface area (Å²) in [7, 11) is 1.73. The molecule has 2 rings (SSSR count). The first-order valence-corrected chi connectivity index (χ1v) is 7.91. The minimum atomic E-state index is 0.0758. The molecule has 1 fully saturated rings. The van der Waals surface area contributed by atoms with Crippen molar-refractivity contribution in [3.63, 3.8) is 0 Å². The number of benzene rings is 1. The van der Waals surface area contributed by atoms with Gasteiger partial charge in [-0.2, -0.15) is 0 Å². The van der Waals surface area contributed by atoms with Crippen LogP contribution < -0.4 is 10.5 Å². The first-order chi connectivity index (χ1) is 10.0. The Balaban J connectivity index is 2.17. The van der Waals surface area contributed by atoms with E-state index in [0.717, 1.165) is 31.9 Å². The van der Waals surface area contributed by atoms with Crippen molar-refractivity contribution in [2.45, 2.75) is 38.9 Å². The van der Waals surface area contributed by atoms with E-state index >= 15 is 0 Å². The third-order valence-corrected chi connectivity index (χ3v) is 4.43. The number of rotatable bonds is 5. The molecular weight excluding hydrogens is 262 g/mol. The highest BCUT2D eigenvalue weighted by Crippen LogP contribution is 2.31. The minimum Gasteiger partial charge on any atom is -0.496 e. The summed E-state index contributed by atoms with van der Waals surface area (Å²) in [6, 6.07) is 9.15. The Morgan fingerprint density at radius 3 is 2.10 bits per heavy atom. The summed E-state index contributed by atoms with van der Waals surface area (Å²) in [6.07, 6.45) is 0. The van der Waals surface area contributed by atoms with Gasteiger partial charge in [-0.15, -0.1) is 0 Å². The van der Waals surface area contributed by atoms with E-state index in [1.54, 1.807) is 7.11 Å². The van der Waals surface area contributed by atoms with Crippen LogP contribution in [0.4, 0.5) is 0 Å². The lowest BCUT2D eigenvalue weighted by Gasteiger charge is -2.42.